The third-order valence-electron chi connectivity index (χ3n) is 3.20. The van der Waals surface area contributed by atoms with E-state index in [9.17, 15) is 12.8 Å². The van der Waals surface area contributed by atoms with Gasteiger partial charge in [0.05, 0.1) is 10.6 Å². The van der Waals surface area contributed by atoms with Gasteiger partial charge in [0.1, 0.15) is 5.82 Å². The van der Waals surface area contributed by atoms with Crippen LogP contribution in [-0.2, 0) is 16.6 Å². The summed E-state index contributed by atoms with van der Waals surface area (Å²) in [5, 5.41) is 0. The zero-order chi connectivity index (χ0) is 15.6. The Morgan fingerprint density at radius 3 is 2.38 bits per heavy atom. The van der Waals surface area contributed by atoms with Crippen molar-refractivity contribution >= 4 is 15.7 Å². The number of hydrogen-bond donors (Lipinski definition) is 2. The average Bonchev–Trinajstić information content (AvgIpc) is 2.41. The van der Waals surface area contributed by atoms with Crippen molar-refractivity contribution < 1.29 is 12.8 Å². The van der Waals surface area contributed by atoms with Gasteiger partial charge in [-0.3, -0.25) is 4.72 Å². The van der Waals surface area contributed by atoms with Crippen LogP contribution in [0.4, 0.5) is 10.1 Å². The van der Waals surface area contributed by atoms with Crippen molar-refractivity contribution in [2.24, 2.45) is 5.73 Å². The highest BCUT2D eigenvalue weighted by molar-refractivity contribution is 7.92. The summed E-state index contributed by atoms with van der Waals surface area (Å²) in [6.07, 6.45) is 0. The van der Waals surface area contributed by atoms with Gasteiger partial charge in [-0.25, -0.2) is 12.8 Å². The highest BCUT2D eigenvalue weighted by Crippen LogP contribution is 2.23. The van der Waals surface area contributed by atoms with Gasteiger partial charge in [0.25, 0.3) is 10.0 Å². The van der Waals surface area contributed by atoms with Gasteiger partial charge in [0.15, 0.2) is 0 Å². The number of rotatable bonds is 4. The molecule has 0 saturated carbocycles. The molecule has 0 spiro atoms. The monoisotopic (exact) mass is 308 g/mol. The number of nitrogens with one attached hydrogen (secondary N) is 1. The van der Waals surface area contributed by atoms with Crippen molar-refractivity contribution in [2.45, 2.75) is 25.3 Å². The lowest BCUT2D eigenvalue weighted by Gasteiger charge is -2.13. The van der Waals surface area contributed by atoms with E-state index < -0.39 is 15.8 Å². The van der Waals surface area contributed by atoms with Gasteiger partial charge in [-0.1, -0.05) is 12.1 Å². The fourth-order valence-corrected chi connectivity index (χ4v) is 3.44. The minimum atomic E-state index is -3.72. The van der Waals surface area contributed by atoms with E-state index in [1.807, 2.05) is 0 Å². The summed E-state index contributed by atoms with van der Waals surface area (Å²) < 4.78 is 40.4. The molecule has 6 heteroatoms. The van der Waals surface area contributed by atoms with Crippen LogP contribution in [0, 0.1) is 19.7 Å². The first kappa shape index (κ1) is 15.5. The molecule has 0 aliphatic carbocycles. The number of hydrogen-bond acceptors (Lipinski definition) is 3. The molecule has 0 saturated heterocycles. The summed E-state index contributed by atoms with van der Waals surface area (Å²) in [6, 6.07) is 8.85. The zero-order valence-electron chi connectivity index (χ0n) is 11.9. The van der Waals surface area contributed by atoms with E-state index in [1.54, 1.807) is 26.0 Å². The first-order chi connectivity index (χ1) is 9.83. The van der Waals surface area contributed by atoms with Crippen molar-refractivity contribution in [2.75, 3.05) is 4.72 Å². The van der Waals surface area contributed by atoms with E-state index in [4.69, 9.17) is 5.73 Å². The lowest BCUT2D eigenvalue weighted by Crippen LogP contribution is -2.15. The highest BCUT2D eigenvalue weighted by atomic mass is 32.2. The fourth-order valence-electron chi connectivity index (χ4n) is 2.08. The standard InChI is InChI=1S/C15H17FN2O2S/c1-10-8-13(16)4-5-14(10)18-21(19,20)15-6-3-12(9-17)7-11(15)2/h3-8,18H,9,17H2,1-2H3. The molecule has 0 heterocycles. The normalized spacial score (nSPS) is 11.4. The lowest BCUT2D eigenvalue weighted by molar-refractivity contribution is 0.600. The second-order valence-electron chi connectivity index (χ2n) is 4.87. The maximum atomic E-state index is 13.1. The van der Waals surface area contributed by atoms with E-state index in [1.165, 1.54) is 24.3 Å². The van der Waals surface area contributed by atoms with Gasteiger partial charge in [-0.2, -0.15) is 0 Å². The molecule has 2 rings (SSSR count). The Bertz CT molecular complexity index is 773. The van der Waals surface area contributed by atoms with Crippen LogP contribution in [0.3, 0.4) is 0 Å². The predicted molar refractivity (Wildman–Crippen MR) is 81.0 cm³/mol. The molecule has 2 aromatic rings. The third-order valence-corrected chi connectivity index (χ3v) is 4.72. The summed E-state index contributed by atoms with van der Waals surface area (Å²) in [5.74, 6) is -0.404. The molecular weight excluding hydrogens is 291 g/mol. The van der Waals surface area contributed by atoms with Crippen LogP contribution in [0.25, 0.3) is 0 Å². The van der Waals surface area contributed by atoms with Crippen LogP contribution < -0.4 is 10.5 Å². The molecule has 0 aromatic heterocycles. The molecule has 2 aromatic carbocycles. The van der Waals surface area contributed by atoms with Crippen LogP contribution in [-0.4, -0.2) is 8.42 Å². The minimum Gasteiger partial charge on any atom is -0.326 e. The van der Waals surface area contributed by atoms with E-state index >= 15 is 0 Å². The number of nitrogens with two attached hydrogens (primary N) is 1. The maximum absolute atomic E-state index is 13.1. The second-order valence-corrected chi connectivity index (χ2v) is 6.52. The van der Waals surface area contributed by atoms with E-state index in [-0.39, 0.29) is 4.90 Å². The van der Waals surface area contributed by atoms with Gasteiger partial charge < -0.3 is 5.73 Å². The largest absolute Gasteiger partial charge is 0.326 e. The Kier molecular flexibility index (Phi) is 4.29. The Morgan fingerprint density at radius 2 is 1.81 bits per heavy atom. The smallest absolute Gasteiger partial charge is 0.262 e. The van der Waals surface area contributed by atoms with Gasteiger partial charge in [0.2, 0.25) is 0 Å². The Morgan fingerprint density at radius 1 is 1.10 bits per heavy atom. The first-order valence-corrected chi connectivity index (χ1v) is 7.90. The minimum absolute atomic E-state index is 0.184. The van der Waals surface area contributed by atoms with E-state index in [0.717, 1.165) is 5.56 Å². The Hall–Kier alpha value is -1.92. The number of anilines is 1. The van der Waals surface area contributed by atoms with Crippen molar-refractivity contribution in [3.05, 3.63) is 58.9 Å². The zero-order valence-corrected chi connectivity index (χ0v) is 12.7. The molecule has 0 radical (unpaired) electrons. The Balaban J connectivity index is 2.38. The Labute approximate surface area is 123 Å². The molecule has 0 aliphatic heterocycles. The quantitative estimate of drug-likeness (QED) is 0.912. The SMILES string of the molecule is Cc1cc(F)ccc1NS(=O)(=O)c1ccc(CN)cc1C. The maximum Gasteiger partial charge on any atom is 0.262 e. The summed E-state index contributed by atoms with van der Waals surface area (Å²) in [5.41, 5.74) is 7.90. The van der Waals surface area contributed by atoms with Crippen molar-refractivity contribution in [1.82, 2.24) is 0 Å². The summed E-state index contributed by atoms with van der Waals surface area (Å²) in [4.78, 5) is 0.184. The molecule has 4 nitrogen and oxygen atoms in total. The van der Waals surface area contributed by atoms with E-state index in [2.05, 4.69) is 4.72 Å². The molecular formula is C15H17FN2O2S. The molecule has 0 atom stereocenters. The van der Waals surface area contributed by atoms with Crippen LogP contribution in [0.5, 0.6) is 0 Å². The summed E-state index contributed by atoms with van der Waals surface area (Å²) in [6.45, 7) is 3.71. The summed E-state index contributed by atoms with van der Waals surface area (Å²) >= 11 is 0. The van der Waals surface area contributed by atoms with Gasteiger partial charge >= 0.3 is 0 Å². The first-order valence-electron chi connectivity index (χ1n) is 6.42. The third kappa shape index (κ3) is 3.40. The second kappa shape index (κ2) is 5.83. The lowest BCUT2D eigenvalue weighted by atomic mass is 10.1. The number of sulfonamides is 1. The van der Waals surface area contributed by atoms with Crippen molar-refractivity contribution in [3.63, 3.8) is 0 Å². The number of halogens is 1. The highest BCUT2D eigenvalue weighted by Gasteiger charge is 2.18. The number of aryl methyl sites for hydroxylation is 2. The van der Waals surface area contributed by atoms with Gasteiger partial charge in [-0.05, 0) is 54.8 Å². The van der Waals surface area contributed by atoms with Crippen molar-refractivity contribution in [3.8, 4) is 0 Å². The molecule has 0 aliphatic rings. The van der Waals surface area contributed by atoms with Gasteiger partial charge in [0, 0.05) is 6.54 Å². The molecule has 21 heavy (non-hydrogen) atoms. The predicted octanol–water partition coefficient (Wildman–Crippen LogP) is 2.70. The van der Waals surface area contributed by atoms with Crippen LogP contribution in [0.2, 0.25) is 0 Å². The van der Waals surface area contributed by atoms with E-state index in [0.29, 0.717) is 23.4 Å². The molecule has 0 bridgehead atoms. The van der Waals surface area contributed by atoms with Crippen molar-refractivity contribution in [1.29, 1.82) is 0 Å². The molecule has 0 fully saturated rings. The van der Waals surface area contributed by atoms with Crippen LogP contribution in [0.1, 0.15) is 16.7 Å². The topological polar surface area (TPSA) is 72.2 Å². The fraction of sp³-hybridized carbons (Fsp3) is 0.200. The number of benzene rings is 2. The van der Waals surface area contributed by atoms with Crippen LogP contribution in [0.15, 0.2) is 41.3 Å². The van der Waals surface area contributed by atoms with Crippen LogP contribution >= 0.6 is 0 Å². The molecule has 0 unspecified atom stereocenters. The molecule has 0 amide bonds. The molecule has 112 valence electrons. The summed E-state index contributed by atoms with van der Waals surface area (Å²) in [7, 11) is -3.72. The molecule has 3 N–H and O–H groups in total. The van der Waals surface area contributed by atoms with Gasteiger partial charge in [-0.15, -0.1) is 0 Å². The average molecular weight is 308 g/mol.